The van der Waals surface area contributed by atoms with Crippen LogP contribution in [0.1, 0.15) is 11.1 Å². The third-order valence-electron chi connectivity index (χ3n) is 4.48. The quantitative estimate of drug-likeness (QED) is 0.376. The lowest BCUT2D eigenvalue weighted by Gasteiger charge is -2.13. The second-order valence-corrected chi connectivity index (χ2v) is 6.54. The molecule has 1 N–H and O–H groups in total. The van der Waals surface area contributed by atoms with Gasteiger partial charge in [0, 0.05) is 29.5 Å². The molecule has 0 spiro atoms. The molecule has 1 aromatic carbocycles. The van der Waals surface area contributed by atoms with Crippen LogP contribution in [-0.4, -0.2) is 15.0 Å². The Morgan fingerprint density at radius 2 is 1.55 bits per heavy atom. The van der Waals surface area contributed by atoms with Crippen LogP contribution in [0.25, 0.3) is 22.2 Å². The third-order valence-corrected chi connectivity index (χ3v) is 4.48. The van der Waals surface area contributed by atoms with Crippen molar-refractivity contribution in [2.24, 2.45) is 0 Å². The van der Waals surface area contributed by atoms with Gasteiger partial charge in [-0.3, -0.25) is 9.97 Å². The molecule has 10 heteroatoms. The van der Waals surface area contributed by atoms with E-state index in [9.17, 15) is 26.3 Å². The van der Waals surface area contributed by atoms with E-state index in [1.807, 2.05) is 0 Å². The van der Waals surface area contributed by atoms with Crippen molar-refractivity contribution in [3.8, 4) is 11.3 Å². The second kappa shape index (κ2) is 7.53. The smallest absolute Gasteiger partial charge is 0.340 e. The molecule has 0 saturated carbocycles. The zero-order valence-electron chi connectivity index (χ0n) is 15.5. The Morgan fingerprint density at radius 3 is 2.23 bits per heavy atom. The molecule has 4 nitrogen and oxygen atoms in total. The maximum absolute atomic E-state index is 13.3. The van der Waals surface area contributed by atoms with Gasteiger partial charge in [-0.2, -0.15) is 26.3 Å². The van der Waals surface area contributed by atoms with Gasteiger partial charge in [-0.15, -0.1) is 0 Å². The van der Waals surface area contributed by atoms with Crippen molar-refractivity contribution < 1.29 is 26.3 Å². The topological polar surface area (TPSA) is 50.7 Å². The largest absolute Gasteiger partial charge is 0.418 e. The molecule has 0 aliphatic heterocycles. The standard InChI is InChI=1S/C21H12F6N4/c22-20(23,24)13-4-6-18(30-11-13)31-16-7-9-28-17-10-12(3-5-14(16)17)19-15(21(25,26)27)2-1-8-29-19/h1-11H,(H,28,30,31). The van der Waals surface area contributed by atoms with E-state index in [0.29, 0.717) is 22.8 Å². The number of anilines is 2. The Hall–Kier alpha value is -3.69. The van der Waals surface area contributed by atoms with Crippen molar-refractivity contribution in [1.82, 2.24) is 15.0 Å². The van der Waals surface area contributed by atoms with E-state index in [0.717, 1.165) is 12.1 Å². The van der Waals surface area contributed by atoms with Crippen LogP contribution in [0.3, 0.4) is 0 Å². The van der Waals surface area contributed by atoms with E-state index >= 15 is 0 Å². The van der Waals surface area contributed by atoms with E-state index in [1.165, 1.54) is 36.7 Å². The molecule has 4 rings (SSSR count). The third kappa shape index (κ3) is 4.27. The molecule has 0 aliphatic carbocycles. The van der Waals surface area contributed by atoms with Gasteiger partial charge >= 0.3 is 12.4 Å². The van der Waals surface area contributed by atoms with Gasteiger partial charge in [-0.05, 0) is 36.4 Å². The maximum Gasteiger partial charge on any atom is 0.418 e. The zero-order chi connectivity index (χ0) is 22.2. The number of fused-ring (bicyclic) bond motifs is 1. The molecule has 31 heavy (non-hydrogen) atoms. The lowest BCUT2D eigenvalue weighted by molar-refractivity contribution is -0.138. The molecule has 0 amide bonds. The molecule has 3 heterocycles. The average molecular weight is 434 g/mol. The van der Waals surface area contributed by atoms with Crippen LogP contribution in [0.5, 0.6) is 0 Å². The lowest BCUT2D eigenvalue weighted by atomic mass is 10.0. The van der Waals surface area contributed by atoms with Crippen molar-refractivity contribution in [3.63, 3.8) is 0 Å². The van der Waals surface area contributed by atoms with Gasteiger partial charge in [0.1, 0.15) is 5.82 Å². The summed E-state index contributed by atoms with van der Waals surface area (Å²) in [7, 11) is 0. The van der Waals surface area contributed by atoms with E-state index < -0.39 is 23.5 Å². The van der Waals surface area contributed by atoms with Gasteiger partial charge in [0.05, 0.1) is 28.0 Å². The van der Waals surface area contributed by atoms with E-state index in [2.05, 4.69) is 20.3 Å². The van der Waals surface area contributed by atoms with Crippen molar-refractivity contribution >= 4 is 22.4 Å². The maximum atomic E-state index is 13.3. The van der Waals surface area contributed by atoms with Gasteiger partial charge < -0.3 is 5.32 Å². The highest BCUT2D eigenvalue weighted by Crippen LogP contribution is 2.37. The van der Waals surface area contributed by atoms with Gasteiger partial charge in [0.15, 0.2) is 0 Å². The number of benzene rings is 1. The predicted octanol–water partition coefficient (Wildman–Crippen LogP) is 6.47. The number of nitrogens with zero attached hydrogens (tertiary/aromatic N) is 3. The number of pyridine rings is 3. The summed E-state index contributed by atoms with van der Waals surface area (Å²) >= 11 is 0. The zero-order valence-corrected chi connectivity index (χ0v) is 15.5. The van der Waals surface area contributed by atoms with Crippen LogP contribution < -0.4 is 5.32 Å². The first kappa shape index (κ1) is 20.6. The Labute approximate surface area is 171 Å². The van der Waals surface area contributed by atoms with Gasteiger partial charge in [0.2, 0.25) is 0 Å². The van der Waals surface area contributed by atoms with Crippen LogP contribution in [-0.2, 0) is 12.4 Å². The van der Waals surface area contributed by atoms with Crippen molar-refractivity contribution in [1.29, 1.82) is 0 Å². The first-order chi connectivity index (χ1) is 14.6. The highest BCUT2D eigenvalue weighted by molar-refractivity contribution is 5.94. The molecular weight excluding hydrogens is 422 g/mol. The van der Waals surface area contributed by atoms with E-state index in [1.54, 1.807) is 12.1 Å². The normalized spacial score (nSPS) is 12.2. The summed E-state index contributed by atoms with van der Waals surface area (Å²) in [6, 6.07) is 10.4. The minimum absolute atomic E-state index is 0.175. The lowest BCUT2D eigenvalue weighted by Crippen LogP contribution is -2.08. The van der Waals surface area contributed by atoms with E-state index in [-0.39, 0.29) is 17.1 Å². The molecule has 0 saturated heterocycles. The fraction of sp³-hybridized carbons (Fsp3) is 0.0952. The number of hydrogen-bond donors (Lipinski definition) is 1. The van der Waals surface area contributed by atoms with Crippen LogP contribution in [0.4, 0.5) is 37.8 Å². The van der Waals surface area contributed by atoms with Crippen molar-refractivity contribution in [2.45, 2.75) is 12.4 Å². The SMILES string of the molecule is FC(F)(F)c1ccc(Nc2ccnc3cc(-c4ncccc4C(F)(F)F)ccc23)nc1. The summed E-state index contributed by atoms with van der Waals surface area (Å²) in [6.45, 7) is 0. The number of hydrogen-bond acceptors (Lipinski definition) is 4. The Bertz CT molecular complexity index is 1230. The summed E-state index contributed by atoms with van der Waals surface area (Å²) in [5, 5.41) is 3.46. The predicted molar refractivity (Wildman–Crippen MR) is 102 cm³/mol. The number of rotatable bonds is 3. The molecule has 158 valence electrons. The fourth-order valence-corrected chi connectivity index (χ4v) is 3.04. The highest BCUT2D eigenvalue weighted by Gasteiger charge is 2.34. The monoisotopic (exact) mass is 434 g/mol. The van der Waals surface area contributed by atoms with Gasteiger partial charge in [0.25, 0.3) is 0 Å². The number of aromatic nitrogens is 3. The Kier molecular flexibility index (Phi) is 5.00. The summed E-state index contributed by atoms with van der Waals surface area (Å²) in [6.07, 6.45) is -5.64. The first-order valence-corrected chi connectivity index (χ1v) is 8.84. The first-order valence-electron chi connectivity index (χ1n) is 8.84. The molecule has 0 aliphatic rings. The minimum Gasteiger partial charge on any atom is -0.340 e. The Balaban J connectivity index is 1.70. The molecule has 0 fully saturated rings. The summed E-state index contributed by atoms with van der Waals surface area (Å²) in [5.41, 5.74) is -0.857. The molecule has 0 atom stereocenters. The van der Waals surface area contributed by atoms with Gasteiger partial charge in [-0.1, -0.05) is 12.1 Å². The summed E-state index contributed by atoms with van der Waals surface area (Å²) < 4.78 is 78.0. The van der Waals surface area contributed by atoms with Crippen LogP contribution in [0, 0.1) is 0 Å². The average Bonchev–Trinajstić information content (AvgIpc) is 2.73. The molecular formula is C21H12F6N4. The Morgan fingerprint density at radius 1 is 0.742 bits per heavy atom. The number of nitrogens with one attached hydrogen (secondary N) is 1. The van der Waals surface area contributed by atoms with E-state index in [4.69, 9.17) is 0 Å². The van der Waals surface area contributed by atoms with Crippen molar-refractivity contribution in [2.75, 3.05) is 5.32 Å². The fourth-order valence-electron chi connectivity index (χ4n) is 3.04. The van der Waals surface area contributed by atoms with Crippen LogP contribution >= 0.6 is 0 Å². The molecule has 0 unspecified atom stereocenters. The van der Waals surface area contributed by atoms with Crippen molar-refractivity contribution in [3.05, 3.63) is 78.2 Å². The highest BCUT2D eigenvalue weighted by atomic mass is 19.4. The molecule has 3 aromatic heterocycles. The number of halogens is 6. The molecule has 0 radical (unpaired) electrons. The second-order valence-electron chi connectivity index (χ2n) is 6.54. The summed E-state index contributed by atoms with van der Waals surface area (Å²) in [5.74, 6) is 0.175. The summed E-state index contributed by atoms with van der Waals surface area (Å²) in [4.78, 5) is 11.8. The van der Waals surface area contributed by atoms with Gasteiger partial charge in [-0.25, -0.2) is 4.98 Å². The molecule has 0 bridgehead atoms. The minimum atomic E-state index is -4.57. The number of alkyl halides is 6. The molecule has 4 aromatic rings. The van der Waals surface area contributed by atoms with Crippen LogP contribution in [0.15, 0.2) is 67.1 Å². The van der Waals surface area contributed by atoms with Crippen LogP contribution in [0.2, 0.25) is 0 Å².